The minimum absolute atomic E-state index is 0.332. The van der Waals surface area contributed by atoms with Crippen molar-refractivity contribution in [3.63, 3.8) is 0 Å². The lowest BCUT2D eigenvalue weighted by molar-refractivity contribution is 0.0587. The first-order chi connectivity index (χ1) is 18.7. The Kier molecular flexibility index (Phi) is 6.65. The summed E-state index contributed by atoms with van der Waals surface area (Å²) < 4.78 is 1.18. The maximum Gasteiger partial charge on any atom is 0.0864 e. The number of hydrogen-bond acceptors (Lipinski definition) is 3. The summed E-state index contributed by atoms with van der Waals surface area (Å²) in [5.41, 5.74) is 7.12. The van der Waals surface area contributed by atoms with Gasteiger partial charge in [0.2, 0.25) is 0 Å². The molecule has 0 saturated carbocycles. The fourth-order valence-electron chi connectivity index (χ4n) is 7.68. The maximum atomic E-state index is 3.81. The minimum atomic E-state index is 0.332. The Labute approximate surface area is 234 Å². The molecule has 38 heavy (non-hydrogen) atoms. The van der Waals surface area contributed by atoms with Crippen LogP contribution in [0.2, 0.25) is 0 Å². The van der Waals surface area contributed by atoms with Crippen LogP contribution in [0.4, 0.5) is 0 Å². The van der Waals surface area contributed by atoms with Gasteiger partial charge in [-0.2, -0.15) is 0 Å². The summed E-state index contributed by atoms with van der Waals surface area (Å²) in [5, 5.41) is 1.48. The molecule has 0 spiro atoms. The number of aromatic amines is 1. The van der Waals surface area contributed by atoms with Gasteiger partial charge in [-0.1, -0.05) is 72.8 Å². The van der Waals surface area contributed by atoms with Crippen molar-refractivity contribution in [2.75, 3.05) is 46.3 Å². The van der Waals surface area contributed by atoms with E-state index in [2.05, 4.69) is 122 Å². The molecule has 3 aliphatic rings. The van der Waals surface area contributed by atoms with Gasteiger partial charge in [0.05, 0.1) is 10.6 Å². The number of piperazine rings is 1. The van der Waals surface area contributed by atoms with Crippen LogP contribution in [0, 0.1) is 5.92 Å². The average Bonchev–Trinajstić information content (AvgIpc) is 3.27. The van der Waals surface area contributed by atoms with Crippen LogP contribution in [0.25, 0.3) is 10.9 Å². The zero-order chi connectivity index (χ0) is 25.6. The molecule has 1 aromatic heterocycles. The van der Waals surface area contributed by atoms with Gasteiger partial charge in [0.15, 0.2) is 0 Å². The summed E-state index contributed by atoms with van der Waals surface area (Å²) in [6.45, 7) is 6.93. The van der Waals surface area contributed by atoms with E-state index in [9.17, 15) is 0 Å². The predicted molar refractivity (Wildman–Crippen MR) is 160 cm³/mol. The largest absolute Gasteiger partial charge is 0.349 e. The molecule has 0 radical (unpaired) electrons. The molecule has 4 nitrogen and oxygen atoms in total. The predicted octanol–water partition coefficient (Wildman–Crippen LogP) is 6.30. The number of nitrogens with zero attached hydrogens (tertiary/aromatic N) is 3. The van der Waals surface area contributed by atoms with Gasteiger partial charge in [-0.3, -0.25) is 4.90 Å². The van der Waals surface area contributed by atoms with Crippen LogP contribution < -0.4 is 0 Å². The number of H-pyrrole nitrogens is 1. The third-order valence-corrected chi connectivity index (χ3v) is 10.1. The second kappa shape index (κ2) is 10.3. The Morgan fingerprint density at radius 1 is 0.868 bits per heavy atom. The number of likely N-dealkylation sites (N-methyl/N-ethyl adjacent to an activating group) is 1. The highest BCUT2D eigenvalue weighted by Gasteiger charge is 2.40. The van der Waals surface area contributed by atoms with Gasteiger partial charge < -0.3 is 14.8 Å². The number of rotatable bonds is 5. The molecule has 5 heteroatoms. The molecule has 0 unspecified atom stereocenters. The number of aromatic nitrogens is 1. The van der Waals surface area contributed by atoms with Gasteiger partial charge in [0, 0.05) is 62.1 Å². The van der Waals surface area contributed by atoms with E-state index in [4.69, 9.17) is 0 Å². The zero-order valence-electron chi connectivity index (χ0n) is 22.2. The number of halogens is 1. The second-order valence-corrected chi connectivity index (χ2v) is 12.5. The third kappa shape index (κ3) is 4.44. The number of benzene rings is 3. The van der Waals surface area contributed by atoms with Crippen LogP contribution in [0.1, 0.15) is 40.6 Å². The van der Waals surface area contributed by atoms with E-state index in [1.807, 2.05) is 0 Å². The number of fused-ring (bicyclic) bond motifs is 2. The van der Waals surface area contributed by atoms with Gasteiger partial charge in [-0.25, -0.2) is 0 Å². The minimum Gasteiger partial charge on any atom is -0.349 e. The summed E-state index contributed by atoms with van der Waals surface area (Å²) in [6.07, 6.45) is 2.44. The first kappa shape index (κ1) is 24.6. The van der Waals surface area contributed by atoms with Crippen molar-refractivity contribution in [3.8, 4) is 0 Å². The summed E-state index contributed by atoms with van der Waals surface area (Å²) in [7, 11) is 2.36. The van der Waals surface area contributed by atoms with E-state index in [0.29, 0.717) is 23.9 Å². The smallest absolute Gasteiger partial charge is 0.0864 e. The second-order valence-electron chi connectivity index (χ2n) is 11.7. The fourth-order valence-corrected chi connectivity index (χ4v) is 8.26. The Balaban J connectivity index is 1.05. The molecule has 0 bridgehead atoms. The molecule has 196 valence electrons. The molecule has 1 N–H and O–H groups in total. The molecule has 3 aromatic carbocycles. The van der Waals surface area contributed by atoms with Crippen molar-refractivity contribution < 1.29 is 0 Å². The highest BCUT2D eigenvalue weighted by molar-refractivity contribution is 9.10. The Morgan fingerprint density at radius 2 is 1.55 bits per heavy atom. The molecular formula is C33H37BrN4. The van der Waals surface area contributed by atoms with Crippen LogP contribution in [0.3, 0.4) is 0 Å². The fraction of sp³-hybridized carbons (Fsp3) is 0.394. The number of hydrogen-bond donors (Lipinski definition) is 1. The third-order valence-electron chi connectivity index (χ3n) is 9.40. The van der Waals surface area contributed by atoms with Gasteiger partial charge in [0.1, 0.15) is 0 Å². The summed E-state index contributed by atoms with van der Waals surface area (Å²) >= 11 is 3.81. The topological polar surface area (TPSA) is 25.5 Å². The standard InChI is InChI=1S/C33H37BrN4/c1-36-21-23(19-27-26-13-8-14-29-31(26)28(20-30(27)36)33(34)35-29)22-37-15-17-38(18-16-37)32(24-9-4-2-5-10-24)25-11-6-3-7-12-25/h2-14,23,27,30,32,35H,15-22H2,1H3/t23-,27-,30-/m1/s1. The van der Waals surface area contributed by atoms with E-state index in [-0.39, 0.29) is 0 Å². The van der Waals surface area contributed by atoms with Gasteiger partial charge in [0.25, 0.3) is 0 Å². The lowest BCUT2D eigenvalue weighted by Gasteiger charge is -2.47. The lowest BCUT2D eigenvalue weighted by Crippen LogP contribution is -2.53. The highest BCUT2D eigenvalue weighted by Crippen LogP contribution is 2.46. The molecule has 7 rings (SSSR count). The van der Waals surface area contributed by atoms with Crippen molar-refractivity contribution in [2.45, 2.75) is 30.8 Å². The van der Waals surface area contributed by atoms with Crippen LogP contribution in [0.5, 0.6) is 0 Å². The van der Waals surface area contributed by atoms with Crippen molar-refractivity contribution in [2.24, 2.45) is 5.92 Å². The van der Waals surface area contributed by atoms with Gasteiger partial charge >= 0.3 is 0 Å². The maximum absolute atomic E-state index is 3.81. The SMILES string of the molecule is CN1C[C@H](CN2CCN(C(c3ccccc3)c3ccccc3)CC2)C[C@@H]2c3cccc4[nH]c(Br)c(c34)C[C@H]21. The molecule has 1 aliphatic carbocycles. The van der Waals surface area contributed by atoms with Crippen molar-refractivity contribution in [3.05, 3.63) is 106 Å². The first-order valence-electron chi connectivity index (χ1n) is 14.2. The molecule has 2 saturated heterocycles. The Morgan fingerprint density at radius 3 is 2.24 bits per heavy atom. The molecule has 2 fully saturated rings. The van der Waals surface area contributed by atoms with E-state index < -0.39 is 0 Å². The van der Waals surface area contributed by atoms with E-state index in [0.717, 1.165) is 32.6 Å². The van der Waals surface area contributed by atoms with Gasteiger partial charge in [-0.15, -0.1) is 0 Å². The molecule has 4 aromatic rings. The quantitative estimate of drug-likeness (QED) is 0.306. The van der Waals surface area contributed by atoms with E-state index in [1.165, 1.54) is 51.7 Å². The number of likely N-dealkylation sites (tertiary alicyclic amines) is 1. The lowest BCUT2D eigenvalue weighted by atomic mass is 9.72. The highest BCUT2D eigenvalue weighted by atomic mass is 79.9. The van der Waals surface area contributed by atoms with E-state index >= 15 is 0 Å². The molecule has 2 aliphatic heterocycles. The van der Waals surface area contributed by atoms with Crippen molar-refractivity contribution in [1.29, 1.82) is 0 Å². The summed E-state index contributed by atoms with van der Waals surface area (Å²) in [5.74, 6) is 1.34. The molecular weight excluding hydrogens is 532 g/mol. The Bertz CT molecular complexity index is 1350. The van der Waals surface area contributed by atoms with Gasteiger partial charge in [-0.05, 0) is 70.1 Å². The summed E-state index contributed by atoms with van der Waals surface area (Å²) in [4.78, 5) is 11.7. The zero-order valence-corrected chi connectivity index (χ0v) is 23.8. The van der Waals surface area contributed by atoms with E-state index in [1.54, 1.807) is 5.56 Å². The Hall–Kier alpha value is -2.44. The molecule has 3 heterocycles. The van der Waals surface area contributed by atoms with Crippen LogP contribution in [-0.2, 0) is 6.42 Å². The normalized spacial score (nSPS) is 24.7. The van der Waals surface area contributed by atoms with Crippen LogP contribution >= 0.6 is 15.9 Å². The number of piperidine rings is 1. The number of nitrogens with one attached hydrogen (secondary N) is 1. The van der Waals surface area contributed by atoms with Crippen LogP contribution in [0.15, 0.2) is 83.5 Å². The average molecular weight is 570 g/mol. The monoisotopic (exact) mass is 568 g/mol. The summed E-state index contributed by atoms with van der Waals surface area (Å²) in [6, 6.07) is 29.9. The molecule has 0 amide bonds. The first-order valence-corrected chi connectivity index (χ1v) is 15.0. The van der Waals surface area contributed by atoms with Crippen LogP contribution in [-0.4, -0.2) is 72.0 Å². The molecule has 3 atom stereocenters. The van der Waals surface area contributed by atoms with Crippen molar-refractivity contribution in [1.82, 2.24) is 19.7 Å². The van der Waals surface area contributed by atoms with Crippen molar-refractivity contribution >= 4 is 26.8 Å².